The lowest BCUT2D eigenvalue weighted by atomic mass is 10.0. The van der Waals surface area contributed by atoms with Crippen molar-refractivity contribution in [3.8, 4) is 5.75 Å². The van der Waals surface area contributed by atoms with Crippen molar-refractivity contribution in [1.82, 2.24) is 10.2 Å². The van der Waals surface area contributed by atoms with Crippen LogP contribution >= 0.6 is 0 Å². The van der Waals surface area contributed by atoms with Crippen molar-refractivity contribution in [2.75, 3.05) is 11.9 Å². The van der Waals surface area contributed by atoms with Gasteiger partial charge in [-0.05, 0) is 58.7 Å². The van der Waals surface area contributed by atoms with Gasteiger partial charge in [0.2, 0.25) is 5.91 Å². The molecule has 0 saturated carbocycles. The van der Waals surface area contributed by atoms with Crippen LogP contribution in [0, 0.1) is 6.92 Å². The van der Waals surface area contributed by atoms with Gasteiger partial charge < -0.3 is 25.4 Å². The van der Waals surface area contributed by atoms with Crippen molar-refractivity contribution in [1.29, 1.82) is 0 Å². The first-order valence-corrected chi connectivity index (χ1v) is 13.9. The summed E-state index contributed by atoms with van der Waals surface area (Å²) in [6.07, 6.45) is 5.27. The van der Waals surface area contributed by atoms with E-state index >= 15 is 0 Å². The highest BCUT2D eigenvalue weighted by Crippen LogP contribution is 2.31. The van der Waals surface area contributed by atoms with E-state index in [1.165, 1.54) is 11.0 Å². The Morgan fingerprint density at radius 3 is 2.21 bits per heavy atom. The summed E-state index contributed by atoms with van der Waals surface area (Å²) in [5, 5.41) is 16.3. The minimum Gasteiger partial charge on any atom is -0.508 e. The molecule has 0 heterocycles. The molecule has 2 unspecified atom stereocenters. The zero-order valence-corrected chi connectivity index (χ0v) is 24.3. The number of hydrogen-bond acceptors (Lipinski definition) is 5. The van der Waals surface area contributed by atoms with Crippen LogP contribution in [0.25, 0.3) is 0 Å². The number of phenolic OH excluding ortho intramolecular Hbond substituents is 1. The predicted octanol–water partition coefficient (Wildman–Crippen LogP) is 6.48. The quantitative estimate of drug-likeness (QED) is 0.252. The van der Waals surface area contributed by atoms with Gasteiger partial charge in [-0.25, -0.2) is 4.79 Å². The van der Waals surface area contributed by atoms with E-state index in [4.69, 9.17) is 4.74 Å². The van der Waals surface area contributed by atoms with Gasteiger partial charge in [-0.2, -0.15) is 0 Å². The molecule has 3 amide bonds. The highest BCUT2D eigenvalue weighted by molar-refractivity contribution is 5.99. The Morgan fingerprint density at radius 1 is 0.949 bits per heavy atom. The molecule has 8 heteroatoms. The van der Waals surface area contributed by atoms with Gasteiger partial charge in [0.05, 0.1) is 0 Å². The molecule has 0 aromatic heterocycles. The number of aromatic hydroxyl groups is 1. The van der Waals surface area contributed by atoms with E-state index in [2.05, 4.69) is 17.6 Å². The highest BCUT2D eigenvalue weighted by Gasteiger charge is 2.36. The van der Waals surface area contributed by atoms with Crippen LogP contribution in [0.4, 0.5) is 10.5 Å². The van der Waals surface area contributed by atoms with Crippen LogP contribution in [0.2, 0.25) is 0 Å². The molecule has 0 bridgehead atoms. The van der Waals surface area contributed by atoms with Crippen molar-refractivity contribution in [3.63, 3.8) is 0 Å². The van der Waals surface area contributed by atoms with Gasteiger partial charge in [0.1, 0.15) is 23.4 Å². The van der Waals surface area contributed by atoms with Gasteiger partial charge in [0, 0.05) is 17.8 Å². The molecular weight excluding hydrogens is 494 g/mol. The van der Waals surface area contributed by atoms with E-state index in [1.54, 1.807) is 52.0 Å². The number of alkyl carbamates (subject to hydrolysis) is 1. The lowest BCUT2D eigenvalue weighted by Crippen LogP contribution is -2.51. The molecule has 8 nitrogen and oxygen atoms in total. The summed E-state index contributed by atoms with van der Waals surface area (Å²) in [6, 6.07) is 11.8. The van der Waals surface area contributed by atoms with Crippen molar-refractivity contribution in [2.24, 2.45) is 0 Å². The number of unbranched alkanes of at least 4 members (excludes halogenated alkanes) is 5. The SMILES string of the molecule is CCCCCCCCN(C(=O)C(C)NC(=O)OC(C)(C)C)C(C(=O)Nc1ccccc1C)c1ccccc1O. The normalized spacial score (nSPS) is 12.8. The number of nitrogens with one attached hydrogen (secondary N) is 2. The van der Waals surface area contributed by atoms with E-state index in [-0.39, 0.29) is 12.3 Å². The Kier molecular flexibility index (Phi) is 12.3. The van der Waals surface area contributed by atoms with Crippen LogP contribution in [0.5, 0.6) is 5.75 Å². The summed E-state index contributed by atoms with van der Waals surface area (Å²) in [7, 11) is 0. The van der Waals surface area contributed by atoms with Gasteiger partial charge in [-0.15, -0.1) is 0 Å². The first-order valence-electron chi connectivity index (χ1n) is 13.9. The first-order chi connectivity index (χ1) is 18.4. The number of nitrogens with zero attached hydrogens (tertiary/aromatic N) is 1. The molecule has 0 saturated heterocycles. The van der Waals surface area contributed by atoms with Crippen LogP contribution in [0.1, 0.15) is 90.3 Å². The summed E-state index contributed by atoms with van der Waals surface area (Å²) in [5.74, 6) is -0.979. The third kappa shape index (κ3) is 10.3. The molecular formula is C31H45N3O5. The number of rotatable bonds is 13. The van der Waals surface area contributed by atoms with Crippen LogP contribution in [0.15, 0.2) is 48.5 Å². The maximum Gasteiger partial charge on any atom is 0.408 e. The van der Waals surface area contributed by atoms with Gasteiger partial charge in [0.15, 0.2) is 0 Å². The molecule has 39 heavy (non-hydrogen) atoms. The summed E-state index contributed by atoms with van der Waals surface area (Å²) in [4.78, 5) is 41.6. The topological polar surface area (TPSA) is 108 Å². The van der Waals surface area contributed by atoms with Gasteiger partial charge in [-0.1, -0.05) is 75.4 Å². The van der Waals surface area contributed by atoms with E-state index in [9.17, 15) is 19.5 Å². The molecule has 3 N–H and O–H groups in total. The van der Waals surface area contributed by atoms with Gasteiger partial charge in [-0.3, -0.25) is 9.59 Å². The molecule has 2 aromatic carbocycles. The minimum absolute atomic E-state index is 0.0871. The summed E-state index contributed by atoms with van der Waals surface area (Å²) in [5.41, 5.74) is 1.08. The van der Waals surface area contributed by atoms with E-state index in [1.807, 2.05) is 25.1 Å². The monoisotopic (exact) mass is 539 g/mol. The molecule has 0 aliphatic heterocycles. The molecule has 0 radical (unpaired) electrons. The number of phenols is 1. The fourth-order valence-electron chi connectivity index (χ4n) is 4.31. The number of amides is 3. The molecule has 0 aliphatic rings. The molecule has 214 valence electrons. The average molecular weight is 540 g/mol. The number of ether oxygens (including phenoxy) is 1. The predicted molar refractivity (Wildman–Crippen MR) is 155 cm³/mol. The Bertz CT molecular complexity index is 1100. The summed E-state index contributed by atoms with van der Waals surface area (Å²) < 4.78 is 5.34. The lowest BCUT2D eigenvalue weighted by molar-refractivity contribution is -0.140. The number of aryl methyl sites for hydroxylation is 1. The Hall–Kier alpha value is -3.55. The largest absolute Gasteiger partial charge is 0.508 e. The Labute approximate surface area is 233 Å². The molecule has 2 aromatic rings. The second kappa shape index (κ2) is 15.1. The van der Waals surface area contributed by atoms with Crippen molar-refractivity contribution < 1.29 is 24.2 Å². The van der Waals surface area contributed by atoms with Crippen molar-refractivity contribution >= 4 is 23.6 Å². The number of benzene rings is 2. The fraction of sp³-hybridized carbons (Fsp3) is 0.516. The molecule has 2 rings (SSSR count). The smallest absolute Gasteiger partial charge is 0.408 e. The standard InChI is InChI=1S/C31H45N3O5/c1-7-8-9-10-11-16-21-34(29(37)23(3)32-30(38)39-31(4,5)6)27(24-18-13-15-20-26(24)35)28(36)33-25-19-14-12-17-22(25)2/h12-15,17-20,23,27,35H,7-11,16,21H2,1-6H3,(H,32,38)(H,33,36). The van der Waals surface area contributed by atoms with Crippen LogP contribution in [-0.4, -0.2) is 46.1 Å². The fourth-order valence-corrected chi connectivity index (χ4v) is 4.31. The van der Waals surface area contributed by atoms with E-state index in [0.717, 1.165) is 37.7 Å². The van der Waals surface area contributed by atoms with Crippen LogP contribution < -0.4 is 10.6 Å². The first kappa shape index (κ1) is 31.7. The minimum atomic E-state index is -1.11. The van der Waals surface area contributed by atoms with E-state index < -0.39 is 35.6 Å². The molecule has 0 spiro atoms. The number of carbonyl (C=O) groups is 3. The molecule has 0 aliphatic carbocycles. The third-order valence-corrected chi connectivity index (χ3v) is 6.33. The number of hydrogen-bond donors (Lipinski definition) is 3. The summed E-state index contributed by atoms with van der Waals surface area (Å²) in [6.45, 7) is 11.1. The zero-order valence-electron chi connectivity index (χ0n) is 24.3. The second-order valence-electron chi connectivity index (χ2n) is 10.9. The van der Waals surface area contributed by atoms with Crippen LogP contribution in [0.3, 0.4) is 0 Å². The maximum absolute atomic E-state index is 13.9. The zero-order chi connectivity index (χ0) is 29.0. The van der Waals surface area contributed by atoms with E-state index in [0.29, 0.717) is 17.7 Å². The number of carbonyl (C=O) groups excluding carboxylic acids is 3. The van der Waals surface area contributed by atoms with Crippen LogP contribution in [-0.2, 0) is 14.3 Å². The molecule has 0 fully saturated rings. The van der Waals surface area contributed by atoms with Gasteiger partial charge >= 0.3 is 6.09 Å². The lowest BCUT2D eigenvalue weighted by Gasteiger charge is -2.34. The Balaban J connectivity index is 2.41. The summed E-state index contributed by atoms with van der Waals surface area (Å²) >= 11 is 0. The third-order valence-electron chi connectivity index (χ3n) is 6.33. The second-order valence-corrected chi connectivity index (χ2v) is 10.9. The van der Waals surface area contributed by atoms with Crippen molar-refractivity contribution in [3.05, 3.63) is 59.7 Å². The average Bonchev–Trinajstić information content (AvgIpc) is 2.86. The Morgan fingerprint density at radius 2 is 1.56 bits per heavy atom. The van der Waals surface area contributed by atoms with Crippen molar-refractivity contribution in [2.45, 2.75) is 97.8 Å². The molecule has 2 atom stereocenters. The van der Waals surface area contributed by atoms with Gasteiger partial charge in [0.25, 0.3) is 5.91 Å². The maximum atomic E-state index is 13.9. The highest BCUT2D eigenvalue weighted by atomic mass is 16.6. The number of anilines is 1. The number of para-hydroxylation sites is 2.